The number of nitrogens with two attached hydrogens (primary N) is 1. The fourth-order valence-electron chi connectivity index (χ4n) is 1.09. The van der Waals surface area contributed by atoms with Crippen LogP contribution in [0.4, 0.5) is 4.39 Å². The molecule has 1 heterocycles. The van der Waals surface area contributed by atoms with Gasteiger partial charge in [-0.1, -0.05) is 6.07 Å². The average molecular weight is 189 g/mol. The van der Waals surface area contributed by atoms with Crippen LogP contribution in [-0.4, -0.2) is 4.98 Å². The van der Waals surface area contributed by atoms with Gasteiger partial charge in [-0.05, 0) is 24.5 Å². The van der Waals surface area contributed by atoms with E-state index in [1.54, 1.807) is 6.07 Å². The van der Waals surface area contributed by atoms with E-state index in [4.69, 9.17) is 5.73 Å². The van der Waals surface area contributed by atoms with Gasteiger partial charge in [0.1, 0.15) is 0 Å². The van der Waals surface area contributed by atoms with Crippen molar-refractivity contribution in [2.45, 2.75) is 18.4 Å². The quantitative estimate of drug-likeness (QED) is 0.680. The van der Waals surface area contributed by atoms with E-state index < -0.39 is 5.95 Å². The van der Waals surface area contributed by atoms with Gasteiger partial charge < -0.3 is 5.73 Å². The van der Waals surface area contributed by atoms with Crippen molar-refractivity contribution in [2.75, 3.05) is 0 Å². The molecule has 0 aromatic carbocycles. The van der Waals surface area contributed by atoms with E-state index in [0.29, 0.717) is 0 Å². The molecule has 2 rings (SSSR count). The summed E-state index contributed by atoms with van der Waals surface area (Å²) in [6, 6.07) is 3.05. The van der Waals surface area contributed by atoms with Gasteiger partial charge in [-0.2, -0.15) is 4.39 Å². The van der Waals surface area contributed by atoms with Crippen LogP contribution in [0.5, 0.6) is 0 Å². The second-order valence-corrected chi connectivity index (χ2v) is 3.03. The standard InChI is InChI=1S/C8H9FN2.ClH/c9-7-2-1-6(5-11-7)8(10)3-4-8;/h1-2,5H,3-4,10H2;1H. The van der Waals surface area contributed by atoms with Crippen LogP contribution in [-0.2, 0) is 5.54 Å². The van der Waals surface area contributed by atoms with E-state index in [0.717, 1.165) is 18.4 Å². The molecule has 12 heavy (non-hydrogen) atoms. The lowest BCUT2D eigenvalue weighted by Gasteiger charge is -2.06. The first-order valence-corrected chi connectivity index (χ1v) is 3.62. The Hall–Kier alpha value is -0.670. The molecule has 1 aliphatic carbocycles. The summed E-state index contributed by atoms with van der Waals surface area (Å²) in [5.74, 6) is -0.446. The number of nitrogens with zero attached hydrogens (tertiary/aromatic N) is 1. The Morgan fingerprint density at radius 2 is 2.08 bits per heavy atom. The van der Waals surface area contributed by atoms with Crippen LogP contribution in [0.2, 0.25) is 0 Å². The van der Waals surface area contributed by atoms with Crippen LogP contribution < -0.4 is 5.73 Å². The lowest BCUT2D eigenvalue weighted by atomic mass is 10.1. The molecule has 1 saturated carbocycles. The van der Waals surface area contributed by atoms with Crippen molar-refractivity contribution in [1.82, 2.24) is 4.98 Å². The van der Waals surface area contributed by atoms with Gasteiger partial charge >= 0.3 is 0 Å². The van der Waals surface area contributed by atoms with Gasteiger partial charge in [-0.15, -0.1) is 12.4 Å². The highest BCUT2D eigenvalue weighted by molar-refractivity contribution is 5.85. The van der Waals surface area contributed by atoms with Crippen molar-refractivity contribution in [3.05, 3.63) is 29.8 Å². The SMILES string of the molecule is Cl.NC1(c2ccc(F)nc2)CC1. The molecule has 0 saturated heterocycles. The lowest BCUT2D eigenvalue weighted by Crippen LogP contribution is -2.18. The summed E-state index contributed by atoms with van der Waals surface area (Å²) in [4.78, 5) is 3.54. The van der Waals surface area contributed by atoms with Crippen molar-refractivity contribution in [3.63, 3.8) is 0 Å². The Balaban J connectivity index is 0.000000720. The third-order valence-corrected chi connectivity index (χ3v) is 2.09. The van der Waals surface area contributed by atoms with E-state index in [1.807, 2.05) is 0 Å². The van der Waals surface area contributed by atoms with E-state index in [1.165, 1.54) is 12.3 Å². The molecule has 0 spiro atoms. The topological polar surface area (TPSA) is 38.9 Å². The minimum atomic E-state index is -0.446. The summed E-state index contributed by atoms with van der Waals surface area (Å²) < 4.78 is 12.3. The third kappa shape index (κ3) is 1.57. The van der Waals surface area contributed by atoms with Crippen LogP contribution >= 0.6 is 12.4 Å². The maximum atomic E-state index is 12.3. The number of aromatic nitrogens is 1. The van der Waals surface area contributed by atoms with E-state index in [-0.39, 0.29) is 17.9 Å². The summed E-state index contributed by atoms with van der Waals surface area (Å²) in [7, 11) is 0. The van der Waals surface area contributed by atoms with Gasteiger partial charge in [-0.25, -0.2) is 4.98 Å². The van der Waals surface area contributed by atoms with Crippen LogP contribution in [0.3, 0.4) is 0 Å². The molecule has 0 amide bonds. The minimum absolute atomic E-state index is 0. The number of rotatable bonds is 1. The molecular weight excluding hydrogens is 179 g/mol. The Morgan fingerprint density at radius 3 is 2.50 bits per heavy atom. The monoisotopic (exact) mass is 188 g/mol. The van der Waals surface area contributed by atoms with Gasteiger partial charge in [0, 0.05) is 11.7 Å². The Morgan fingerprint density at radius 1 is 1.42 bits per heavy atom. The number of pyridine rings is 1. The zero-order valence-corrected chi connectivity index (χ0v) is 7.27. The summed E-state index contributed by atoms with van der Waals surface area (Å²) in [5, 5.41) is 0. The van der Waals surface area contributed by atoms with Crippen molar-refractivity contribution in [1.29, 1.82) is 0 Å². The van der Waals surface area contributed by atoms with Gasteiger partial charge in [-0.3, -0.25) is 0 Å². The normalized spacial score (nSPS) is 18.2. The first-order chi connectivity index (χ1) is 5.21. The fraction of sp³-hybridized carbons (Fsp3) is 0.375. The molecule has 1 fully saturated rings. The smallest absolute Gasteiger partial charge is 0.212 e. The van der Waals surface area contributed by atoms with Crippen LogP contribution in [0.25, 0.3) is 0 Å². The summed E-state index contributed by atoms with van der Waals surface area (Å²) in [6.45, 7) is 0. The highest BCUT2D eigenvalue weighted by Gasteiger charge is 2.40. The second-order valence-electron chi connectivity index (χ2n) is 3.03. The highest BCUT2D eigenvalue weighted by Crippen LogP contribution is 2.42. The van der Waals surface area contributed by atoms with Gasteiger partial charge in [0.15, 0.2) is 0 Å². The predicted octanol–water partition coefficient (Wildman–Crippen LogP) is 1.59. The predicted molar refractivity (Wildman–Crippen MR) is 46.5 cm³/mol. The Kier molecular flexibility index (Phi) is 2.35. The first kappa shape index (κ1) is 9.42. The minimum Gasteiger partial charge on any atom is -0.321 e. The second kappa shape index (κ2) is 2.99. The van der Waals surface area contributed by atoms with E-state index in [2.05, 4.69) is 4.98 Å². The molecule has 0 atom stereocenters. The molecule has 2 nitrogen and oxygen atoms in total. The summed E-state index contributed by atoms with van der Waals surface area (Å²) in [6.07, 6.45) is 3.49. The molecule has 0 bridgehead atoms. The molecule has 0 radical (unpaired) electrons. The molecule has 2 N–H and O–H groups in total. The van der Waals surface area contributed by atoms with Crippen molar-refractivity contribution in [2.24, 2.45) is 5.73 Å². The van der Waals surface area contributed by atoms with Crippen molar-refractivity contribution < 1.29 is 4.39 Å². The van der Waals surface area contributed by atoms with Gasteiger partial charge in [0.25, 0.3) is 0 Å². The zero-order valence-electron chi connectivity index (χ0n) is 6.46. The molecule has 0 aliphatic heterocycles. The van der Waals surface area contributed by atoms with Crippen LogP contribution in [0.1, 0.15) is 18.4 Å². The third-order valence-electron chi connectivity index (χ3n) is 2.09. The average Bonchev–Trinajstić information content (AvgIpc) is 2.70. The van der Waals surface area contributed by atoms with Gasteiger partial charge in [0.2, 0.25) is 5.95 Å². The number of hydrogen-bond donors (Lipinski definition) is 1. The maximum Gasteiger partial charge on any atom is 0.212 e. The van der Waals surface area contributed by atoms with E-state index in [9.17, 15) is 4.39 Å². The molecule has 0 unspecified atom stereocenters. The number of halogens is 2. The highest BCUT2D eigenvalue weighted by atomic mass is 35.5. The fourth-order valence-corrected chi connectivity index (χ4v) is 1.09. The van der Waals surface area contributed by atoms with Crippen LogP contribution in [0, 0.1) is 5.95 Å². The first-order valence-electron chi connectivity index (χ1n) is 3.62. The molecule has 66 valence electrons. The van der Waals surface area contributed by atoms with Gasteiger partial charge in [0.05, 0.1) is 0 Å². The van der Waals surface area contributed by atoms with Crippen molar-refractivity contribution in [3.8, 4) is 0 Å². The van der Waals surface area contributed by atoms with Crippen LogP contribution in [0.15, 0.2) is 18.3 Å². The van der Waals surface area contributed by atoms with Crippen molar-refractivity contribution >= 4 is 12.4 Å². The molecule has 1 aromatic heterocycles. The number of hydrogen-bond acceptors (Lipinski definition) is 2. The van der Waals surface area contributed by atoms with E-state index >= 15 is 0 Å². The zero-order chi connectivity index (χ0) is 7.90. The Labute approximate surface area is 76.4 Å². The maximum absolute atomic E-state index is 12.3. The molecule has 1 aliphatic rings. The molecule has 4 heteroatoms. The summed E-state index contributed by atoms with van der Waals surface area (Å²) in [5.41, 5.74) is 6.61. The molecular formula is C8H10ClFN2. The largest absolute Gasteiger partial charge is 0.321 e. The molecule has 1 aromatic rings. The Bertz CT molecular complexity index is 269. The summed E-state index contributed by atoms with van der Waals surface area (Å²) >= 11 is 0. The lowest BCUT2D eigenvalue weighted by molar-refractivity contribution is 0.579.